The lowest BCUT2D eigenvalue weighted by Crippen LogP contribution is -2.50. The van der Waals surface area contributed by atoms with Crippen molar-refractivity contribution in [2.24, 2.45) is 5.73 Å². The van der Waals surface area contributed by atoms with Crippen molar-refractivity contribution in [1.29, 1.82) is 0 Å². The van der Waals surface area contributed by atoms with Crippen LogP contribution in [-0.2, 0) is 0 Å². The molecule has 3 N–H and O–H groups in total. The molecule has 1 aromatic heterocycles. The summed E-state index contributed by atoms with van der Waals surface area (Å²) in [5, 5.41) is 15.0. The maximum absolute atomic E-state index is 13.0. The Morgan fingerprint density at radius 2 is 1.96 bits per heavy atom. The van der Waals surface area contributed by atoms with Gasteiger partial charge in [0.1, 0.15) is 17.0 Å². The lowest BCUT2D eigenvalue weighted by atomic mass is 9.91. The van der Waals surface area contributed by atoms with E-state index in [1.54, 1.807) is 30.0 Å². The van der Waals surface area contributed by atoms with Gasteiger partial charge in [0, 0.05) is 25.2 Å². The summed E-state index contributed by atoms with van der Waals surface area (Å²) < 4.78 is 5.25. The van der Waals surface area contributed by atoms with Crippen LogP contribution in [-0.4, -0.2) is 46.3 Å². The van der Waals surface area contributed by atoms with Crippen LogP contribution in [0.15, 0.2) is 22.7 Å². The highest BCUT2D eigenvalue weighted by Crippen LogP contribution is 2.37. The fourth-order valence-electron chi connectivity index (χ4n) is 3.01. The summed E-state index contributed by atoms with van der Waals surface area (Å²) in [4.78, 5) is 14.7. The SMILES string of the molecule is Cc1onc(-c2c(Cl)cccc2Cl)c1C(=O)N1CCC(O)(CN)CC1. The lowest BCUT2D eigenvalue weighted by molar-refractivity contribution is -0.00952. The van der Waals surface area contributed by atoms with Crippen LogP contribution in [0.5, 0.6) is 0 Å². The molecule has 0 unspecified atom stereocenters. The van der Waals surface area contributed by atoms with Gasteiger partial charge in [-0.25, -0.2) is 0 Å². The topological polar surface area (TPSA) is 92.6 Å². The van der Waals surface area contributed by atoms with Gasteiger partial charge in [0.05, 0.1) is 15.6 Å². The van der Waals surface area contributed by atoms with Crippen LogP contribution in [0.2, 0.25) is 10.0 Å². The highest BCUT2D eigenvalue weighted by molar-refractivity contribution is 6.39. The van der Waals surface area contributed by atoms with E-state index in [0.717, 1.165) is 0 Å². The van der Waals surface area contributed by atoms with Gasteiger partial charge in [-0.2, -0.15) is 0 Å². The molecule has 0 saturated carbocycles. The highest BCUT2D eigenvalue weighted by Gasteiger charge is 2.35. The number of rotatable bonds is 3. The number of aromatic nitrogens is 1. The Morgan fingerprint density at radius 1 is 1.36 bits per heavy atom. The Morgan fingerprint density at radius 3 is 2.52 bits per heavy atom. The molecule has 2 aromatic rings. The molecule has 0 aliphatic carbocycles. The molecule has 1 aliphatic heterocycles. The second kappa shape index (κ2) is 6.96. The second-order valence-corrected chi connectivity index (χ2v) is 7.09. The van der Waals surface area contributed by atoms with Gasteiger partial charge in [0.2, 0.25) is 0 Å². The van der Waals surface area contributed by atoms with E-state index < -0.39 is 5.60 Å². The maximum Gasteiger partial charge on any atom is 0.259 e. The summed E-state index contributed by atoms with van der Waals surface area (Å²) >= 11 is 12.5. The number of benzene rings is 1. The third kappa shape index (κ3) is 3.40. The third-order valence-corrected chi connectivity index (χ3v) is 5.27. The van der Waals surface area contributed by atoms with Crippen LogP contribution in [0.3, 0.4) is 0 Å². The minimum absolute atomic E-state index is 0.182. The monoisotopic (exact) mass is 383 g/mol. The van der Waals surface area contributed by atoms with E-state index in [2.05, 4.69) is 5.16 Å². The van der Waals surface area contributed by atoms with Crippen LogP contribution in [0.1, 0.15) is 29.0 Å². The number of amides is 1. The molecule has 8 heteroatoms. The molecule has 0 spiro atoms. The smallest absolute Gasteiger partial charge is 0.259 e. The van der Waals surface area contributed by atoms with Gasteiger partial charge < -0.3 is 20.3 Å². The number of hydrogen-bond acceptors (Lipinski definition) is 5. The first-order valence-electron chi connectivity index (χ1n) is 7.98. The summed E-state index contributed by atoms with van der Waals surface area (Å²) in [6.45, 7) is 2.68. The first-order valence-corrected chi connectivity index (χ1v) is 8.74. The Bertz CT molecular complexity index is 778. The molecule has 6 nitrogen and oxygen atoms in total. The molecule has 0 radical (unpaired) electrons. The van der Waals surface area contributed by atoms with Crippen molar-refractivity contribution in [2.75, 3.05) is 19.6 Å². The van der Waals surface area contributed by atoms with Crippen molar-refractivity contribution in [3.63, 3.8) is 0 Å². The molecule has 1 aliphatic rings. The van der Waals surface area contributed by atoms with E-state index in [9.17, 15) is 9.90 Å². The molecule has 1 amide bonds. The summed E-state index contributed by atoms with van der Waals surface area (Å²) in [6.07, 6.45) is 0.865. The number of aryl methyl sites for hydroxylation is 1. The van der Waals surface area contributed by atoms with E-state index >= 15 is 0 Å². The Labute approximate surface area is 155 Å². The quantitative estimate of drug-likeness (QED) is 0.849. The molecule has 1 aromatic carbocycles. The van der Waals surface area contributed by atoms with Crippen molar-refractivity contribution < 1.29 is 14.4 Å². The molecule has 1 saturated heterocycles. The Hall–Kier alpha value is -1.60. The van der Waals surface area contributed by atoms with Gasteiger partial charge in [-0.1, -0.05) is 34.4 Å². The van der Waals surface area contributed by atoms with Crippen molar-refractivity contribution in [1.82, 2.24) is 10.1 Å². The number of aliphatic hydroxyl groups is 1. The van der Waals surface area contributed by atoms with Gasteiger partial charge in [-0.05, 0) is 31.9 Å². The second-order valence-electron chi connectivity index (χ2n) is 6.28. The summed E-state index contributed by atoms with van der Waals surface area (Å²) in [6, 6.07) is 5.09. The predicted octanol–water partition coefficient (Wildman–Crippen LogP) is 2.88. The number of likely N-dealkylation sites (tertiary alicyclic amines) is 1. The van der Waals surface area contributed by atoms with E-state index in [0.29, 0.717) is 58.6 Å². The molecule has 134 valence electrons. The highest BCUT2D eigenvalue weighted by atomic mass is 35.5. The molecule has 1 fully saturated rings. The number of nitrogens with zero attached hydrogens (tertiary/aromatic N) is 2. The van der Waals surface area contributed by atoms with Gasteiger partial charge in [0.25, 0.3) is 5.91 Å². The minimum atomic E-state index is -0.907. The maximum atomic E-state index is 13.0. The van der Waals surface area contributed by atoms with Crippen LogP contribution >= 0.6 is 23.2 Å². The zero-order chi connectivity index (χ0) is 18.2. The van der Waals surface area contributed by atoms with Gasteiger partial charge in [-0.15, -0.1) is 0 Å². The molecular formula is C17H19Cl2N3O3. The predicted molar refractivity (Wildman–Crippen MR) is 95.8 cm³/mol. The van der Waals surface area contributed by atoms with Crippen LogP contribution in [0.25, 0.3) is 11.3 Å². The number of piperidine rings is 1. The lowest BCUT2D eigenvalue weighted by Gasteiger charge is -2.37. The molecule has 25 heavy (non-hydrogen) atoms. The van der Waals surface area contributed by atoms with Gasteiger partial charge in [-0.3, -0.25) is 4.79 Å². The molecule has 0 atom stereocenters. The molecular weight excluding hydrogens is 365 g/mol. The molecule has 3 rings (SSSR count). The van der Waals surface area contributed by atoms with Crippen molar-refractivity contribution in [3.8, 4) is 11.3 Å². The minimum Gasteiger partial charge on any atom is -0.388 e. The Balaban J connectivity index is 1.94. The van der Waals surface area contributed by atoms with Gasteiger partial charge in [0.15, 0.2) is 0 Å². The van der Waals surface area contributed by atoms with Crippen molar-refractivity contribution >= 4 is 29.1 Å². The van der Waals surface area contributed by atoms with E-state index in [4.69, 9.17) is 33.5 Å². The summed E-state index contributed by atoms with van der Waals surface area (Å²) in [5.74, 6) is 0.180. The first-order chi connectivity index (χ1) is 11.9. The summed E-state index contributed by atoms with van der Waals surface area (Å²) in [7, 11) is 0. The number of halogens is 2. The largest absolute Gasteiger partial charge is 0.388 e. The van der Waals surface area contributed by atoms with Crippen LogP contribution < -0.4 is 5.73 Å². The number of nitrogens with two attached hydrogens (primary N) is 1. The molecule has 2 heterocycles. The Kier molecular flexibility index (Phi) is 5.06. The average molecular weight is 384 g/mol. The van der Waals surface area contributed by atoms with E-state index in [1.807, 2.05) is 0 Å². The zero-order valence-corrected chi connectivity index (χ0v) is 15.3. The standard InChI is InChI=1S/C17H19Cl2N3O3/c1-10-13(16(23)22-7-5-17(24,9-20)6-8-22)15(21-25-10)14-11(18)3-2-4-12(14)19/h2-4,24H,5-9,20H2,1H3. The number of carbonyl (C=O) groups is 1. The average Bonchev–Trinajstić information content (AvgIpc) is 2.96. The van der Waals surface area contributed by atoms with Crippen LogP contribution in [0, 0.1) is 6.92 Å². The molecule has 0 bridgehead atoms. The zero-order valence-electron chi connectivity index (χ0n) is 13.8. The van der Waals surface area contributed by atoms with Crippen molar-refractivity contribution in [2.45, 2.75) is 25.4 Å². The van der Waals surface area contributed by atoms with E-state index in [1.165, 1.54) is 0 Å². The fourth-order valence-corrected chi connectivity index (χ4v) is 3.58. The van der Waals surface area contributed by atoms with Gasteiger partial charge >= 0.3 is 0 Å². The number of hydrogen-bond donors (Lipinski definition) is 2. The number of carbonyl (C=O) groups excluding carboxylic acids is 1. The van der Waals surface area contributed by atoms with Crippen LogP contribution in [0.4, 0.5) is 0 Å². The third-order valence-electron chi connectivity index (χ3n) is 4.64. The summed E-state index contributed by atoms with van der Waals surface area (Å²) in [5.41, 5.74) is 5.84. The fraction of sp³-hybridized carbons (Fsp3) is 0.412. The van der Waals surface area contributed by atoms with Crippen molar-refractivity contribution in [3.05, 3.63) is 39.6 Å². The first kappa shape index (κ1) is 18.2. The van der Waals surface area contributed by atoms with E-state index in [-0.39, 0.29) is 12.5 Å². The normalized spacial score (nSPS) is 16.9.